The van der Waals surface area contributed by atoms with Gasteiger partial charge in [-0.15, -0.1) is 0 Å². The second-order valence-electron chi connectivity index (χ2n) is 10.0. The van der Waals surface area contributed by atoms with Gasteiger partial charge < -0.3 is 39.7 Å². The molecule has 0 amide bonds. The smallest absolute Gasteiger partial charge is 0.338 e. The molecule has 5 fully saturated rings. The third-order valence-electron chi connectivity index (χ3n) is 9.17. The number of aliphatic hydroxyl groups is 5. The van der Waals surface area contributed by atoms with Gasteiger partial charge in [-0.25, -0.2) is 4.79 Å². The molecule has 164 valence electrons. The summed E-state index contributed by atoms with van der Waals surface area (Å²) in [7, 11) is 0. The normalized spacial score (nSPS) is 63.1. The molecule has 3 heterocycles. The van der Waals surface area contributed by atoms with E-state index in [4.69, 9.17) is 14.2 Å². The summed E-state index contributed by atoms with van der Waals surface area (Å²) in [4.78, 5) is 25.2. The van der Waals surface area contributed by atoms with E-state index >= 15 is 0 Å². The van der Waals surface area contributed by atoms with Gasteiger partial charge in [0.05, 0.1) is 18.6 Å². The molecule has 10 heteroatoms. The number of aliphatic hydroxyl groups excluding tert-OH is 3. The third-order valence-corrected chi connectivity index (χ3v) is 9.17. The molecule has 0 aromatic heterocycles. The molecule has 3 aliphatic carbocycles. The molecule has 6 rings (SSSR count). The highest BCUT2D eigenvalue weighted by Crippen LogP contribution is 2.77. The van der Waals surface area contributed by atoms with Crippen molar-refractivity contribution in [1.29, 1.82) is 0 Å². The molecule has 6 aliphatic rings. The average Bonchev–Trinajstić information content (AvgIpc) is 3.44. The summed E-state index contributed by atoms with van der Waals surface area (Å²) in [6.07, 6.45) is -4.96. The zero-order valence-electron chi connectivity index (χ0n) is 16.4. The standard InChI is InChI=1S/C20H24O10/c1-7-3-9(21)11(22)16(2)8(7)4-10-17-5-29-19(26,14(16)17)15(25)18(6-28-18)20(17,27)12(23)13(24)30-10/h3,8,10-12,14-15,22-23,25-27H,4-6H2,1-2H3/t8-,10+,11+,12-,14+,15+,16+,17+,18-,19+,20-/m0/s1. The largest absolute Gasteiger partial charge is 0.460 e. The number of fused-ring (bicyclic) bond motifs is 2. The van der Waals surface area contributed by atoms with Gasteiger partial charge in [0.2, 0.25) is 0 Å². The first-order chi connectivity index (χ1) is 13.9. The molecule has 0 radical (unpaired) electrons. The van der Waals surface area contributed by atoms with Gasteiger partial charge in [-0.05, 0) is 25.3 Å². The quantitative estimate of drug-likeness (QED) is 0.205. The first kappa shape index (κ1) is 19.3. The molecule has 2 spiro atoms. The monoisotopic (exact) mass is 424 g/mol. The summed E-state index contributed by atoms with van der Waals surface area (Å²) >= 11 is 0. The molecule has 3 aliphatic heterocycles. The first-order valence-corrected chi connectivity index (χ1v) is 10.1. The van der Waals surface area contributed by atoms with Crippen molar-refractivity contribution in [1.82, 2.24) is 0 Å². The number of hydrogen-bond acceptors (Lipinski definition) is 10. The molecule has 0 aromatic carbocycles. The van der Waals surface area contributed by atoms with Crippen molar-refractivity contribution in [2.24, 2.45) is 22.7 Å². The minimum absolute atomic E-state index is 0.145. The zero-order valence-corrected chi connectivity index (χ0v) is 16.4. The van der Waals surface area contributed by atoms with Gasteiger partial charge in [-0.3, -0.25) is 4.79 Å². The van der Waals surface area contributed by atoms with Crippen molar-refractivity contribution in [3.8, 4) is 0 Å². The highest BCUT2D eigenvalue weighted by molar-refractivity contribution is 5.96. The number of carbonyl (C=O) groups is 2. The van der Waals surface area contributed by atoms with E-state index in [1.807, 2.05) is 0 Å². The Bertz CT molecular complexity index is 927. The Morgan fingerprint density at radius 3 is 2.37 bits per heavy atom. The van der Waals surface area contributed by atoms with Crippen molar-refractivity contribution in [3.05, 3.63) is 11.6 Å². The lowest BCUT2D eigenvalue weighted by Gasteiger charge is -2.70. The molecule has 11 atom stereocenters. The number of ether oxygens (including phenoxy) is 3. The van der Waals surface area contributed by atoms with E-state index in [0.29, 0.717) is 5.57 Å². The van der Waals surface area contributed by atoms with Crippen LogP contribution < -0.4 is 0 Å². The number of epoxide rings is 1. The summed E-state index contributed by atoms with van der Waals surface area (Å²) in [5, 5.41) is 56.7. The van der Waals surface area contributed by atoms with Gasteiger partial charge in [0, 0.05) is 11.3 Å². The van der Waals surface area contributed by atoms with Gasteiger partial charge in [0.15, 0.2) is 23.3 Å². The summed E-state index contributed by atoms with van der Waals surface area (Å²) in [5.41, 5.74) is -6.52. The summed E-state index contributed by atoms with van der Waals surface area (Å²) < 4.78 is 16.7. The highest BCUT2D eigenvalue weighted by Gasteiger charge is 2.94. The van der Waals surface area contributed by atoms with Crippen LogP contribution in [0, 0.1) is 22.7 Å². The van der Waals surface area contributed by atoms with Crippen LogP contribution in [0.1, 0.15) is 20.3 Å². The van der Waals surface area contributed by atoms with E-state index in [1.165, 1.54) is 6.08 Å². The maximum atomic E-state index is 12.6. The number of ketones is 1. The molecule has 30 heavy (non-hydrogen) atoms. The molecular weight excluding hydrogens is 400 g/mol. The molecule has 0 unspecified atom stereocenters. The topological polar surface area (TPSA) is 166 Å². The Kier molecular flexibility index (Phi) is 3.21. The van der Waals surface area contributed by atoms with Crippen LogP contribution in [0.4, 0.5) is 0 Å². The molecular formula is C20H24O10. The number of esters is 1. The fourth-order valence-electron chi connectivity index (χ4n) is 7.88. The molecule has 10 nitrogen and oxygen atoms in total. The summed E-state index contributed by atoms with van der Waals surface area (Å²) in [6, 6.07) is 0. The van der Waals surface area contributed by atoms with Crippen molar-refractivity contribution in [2.45, 2.75) is 61.7 Å². The van der Waals surface area contributed by atoms with Gasteiger partial charge in [0.25, 0.3) is 0 Å². The van der Waals surface area contributed by atoms with Gasteiger partial charge in [-0.2, -0.15) is 0 Å². The predicted octanol–water partition coefficient (Wildman–Crippen LogP) is -2.62. The maximum Gasteiger partial charge on any atom is 0.338 e. The van der Waals surface area contributed by atoms with Crippen molar-refractivity contribution >= 4 is 11.8 Å². The van der Waals surface area contributed by atoms with E-state index in [9.17, 15) is 35.1 Å². The number of carbonyl (C=O) groups excluding carboxylic acids is 2. The van der Waals surface area contributed by atoms with Crippen LogP contribution in [0.3, 0.4) is 0 Å². The van der Waals surface area contributed by atoms with Crippen LogP contribution in [0.2, 0.25) is 0 Å². The number of rotatable bonds is 0. The van der Waals surface area contributed by atoms with E-state index in [-0.39, 0.29) is 19.6 Å². The van der Waals surface area contributed by atoms with Crippen LogP contribution in [-0.2, 0) is 23.8 Å². The molecule has 2 saturated carbocycles. The lowest BCUT2D eigenvalue weighted by Crippen LogP contribution is -2.87. The molecule has 5 N–H and O–H groups in total. The SMILES string of the molecule is CC1=CC(=O)[C@@H](O)[C@]2(C)[C@H]3[C@@]4(O)OC[C@@]35[C@@H](C[C@@H]12)OC(=O)[C@H](O)[C@@]5(O)[C@]1(CO1)[C@H]4O. The second-order valence-corrected chi connectivity index (χ2v) is 10.0. The molecule has 2 bridgehead atoms. The van der Waals surface area contributed by atoms with E-state index < -0.39 is 75.8 Å². The van der Waals surface area contributed by atoms with Crippen molar-refractivity contribution < 1.29 is 49.3 Å². The van der Waals surface area contributed by atoms with Crippen LogP contribution >= 0.6 is 0 Å². The fourth-order valence-corrected chi connectivity index (χ4v) is 7.88. The third kappa shape index (κ3) is 1.53. The first-order valence-electron chi connectivity index (χ1n) is 10.1. The fraction of sp³-hybridized carbons (Fsp3) is 0.800. The highest BCUT2D eigenvalue weighted by atomic mass is 16.7. The zero-order chi connectivity index (χ0) is 21.6. The minimum atomic E-state index is -2.35. The van der Waals surface area contributed by atoms with Crippen LogP contribution in [0.5, 0.6) is 0 Å². The Morgan fingerprint density at radius 1 is 1.07 bits per heavy atom. The lowest BCUT2D eigenvalue weighted by atomic mass is 9.36. The summed E-state index contributed by atoms with van der Waals surface area (Å²) in [6.45, 7) is 2.77. The van der Waals surface area contributed by atoms with Gasteiger partial charge in [0.1, 0.15) is 23.9 Å². The predicted molar refractivity (Wildman–Crippen MR) is 93.3 cm³/mol. The number of hydrogen-bond donors (Lipinski definition) is 5. The Labute approximate surface area is 171 Å². The van der Waals surface area contributed by atoms with E-state index in [2.05, 4.69) is 0 Å². The van der Waals surface area contributed by atoms with Crippen molar-refractivity contribution in [2.75, 3.05) is 13.2 Å². The van der Waals surface area contributed by atoms with Crippen LogP contribution in [0.15, 0.2) is 11.6 Å². The van der Waals surface area contributed by atoms with Gasteiger partial charge in [-0.1, -0.05) is 12.5 Å². The lowest BCUT2D eigenvalue weighted by molar-refractivity contribution is -0.379. The Hall–Kier alpha value is -1.40. The van der Waals surface area contributed by atoms with Gasteiger partial charge >= 0.3 is 5.97 Å². The van der Waals surface area contributed by atoms with E-state index in [1.54, 1.807) is 13.8 Å². The molecule has 0 aromatic rings. The average molecular weight is 424 g/mol. The Morgan fingerprint density at radius 2 is 1.73 bits per heavy atom. The second kappa shape index (κ2) is 4.98. The van der Waals surface area contributed by atoms with E-state index in [0.717, 1.165) is 0 Å². The number of allylic oxidation sites excluding steroid dienone is 1. The maximum absolute atomic E-state index is 12.6. The van der Waals surface area contributed by atoms with Crippen LogP contribution in [0.25, 0.3) is 0 Å². The van der Waals surface area contributed by atoms with Crippen LogP contribution in [-0.4, -0.2) is 91.9 Å². The molecule has 3 saturated heterocycles. The summed E-state index contributed by atoms with van der Waals surface area (Å²) in [5.74, 6) is -5.64. The van der Waals surface area contributed by atoms with Crippen molar-refractivity contribution in [3.63, 3.8) is 0 Å². The minimum Gasteiger partial charge on any atom is -0.460 e. The Balaban J connectivity index is 1.68.